The quantitative estimate of drug-likeness (QED) is 0.475. The minimum atomic E-state index is -4.02. The van der Waals surface area contributed by atoms with E-state index in [0.29, 0.717) is 17.4 Å². The van der Waals surface area contributed by atoms with E-state index in [0.717, 1.165) is 12.5 Å². The maximum atomic E-state index is 12.5. The van der Waals surface area contributed by atoms with Crippen LogP contribution in [-0.4, -0.2) is 31.2 Å². The van der Waals surface area contributed by atoms with E-state index in [1.165, 1.54) is 12.1 Å². The van der Waals surface area contributed by atoms with Crippen LogP contribution in [0.25, 0.3) is 0 Å². The van der Waals surface area contributed by atoms with Crippen LogP contribution in [0.15, 0.2) is 34.3 Å². The summed E-state index contributed by atoms with van der Waals surface area (Å²) in [5, 5.41) is 3.84. The second-order valence-corrected chi connectivity index (χ2v) is 6.13. The van der Waals surface area contributed by atoms with Crippen molar-refractivity contribution in [1.82, 2.24) is 4.41 Å². The van der Waals surface area contributed by atoms with Gasteiger partial charge in [-0.15, -0.1) is 9.52 Å². The van der Waals surface area contributed by atoms with Gasteiger partial charge in [-0.05, 0) is 26.0 Å². The molecule has 0 unspecified atom stereocenters. The minimum Gasteiger partial charge on any atom is -0.480 e. The first-order valence-corrected chi connectivity index (χ1v) is 8.09. The van der Waals surface area contributed by atoms with Gasteiger partial charge in [0.05, 0.1) is 11.5 Å². The zero-order valence-electron chi connectivity index (χ0n) is 12.7. The third-order valence-electron chi connectivity index (χ3n) is 2.63. The number of aryl methyl sites for hydroxylation is 1. The van der Waals surface area contributed by atoms with Crippen molar-refractivity contribution in [1.29, 1.82) is 0 Å². The predicted molar refractivity (Wildman–Crippen MR) is 80.2 cm³/mol. The van der Waals surface area contributed by atoms with Gasteiger partial charge in [-0.3, -0.25) is 4.79 Å². The van der Waals surface area contributed by atoms with Crippen LogP contribution in [0.3, 0.4) is 0 Å². The molecule has 0 spiro atoms. The van der Waals surface area contributed by atoms with Crippen LogP contribution in [0.2, 0.25) is 0 Å². The molecular formula is C14H20N2O4S. The molecule has 1 amide bonds. The average Bonchev–Trinajstić information content (AvgIpc) is 2.43. The highest BCUT2D eigenvalue weighted by atomic mass is 32.2. The summed E-state index contributed by atoms with van der Waals surface area (Å²) in [6, 6.07) is 6.22. The first-order valence-electron chi connectivity index (χ1n) is 6.65. The zero-order valence-corrected chi connectivity index (χ0v) is 13.5. The Kier molecular flexibility index (Phi) is 5.90. The van der Waals surface area contributed by atoms with Gasteiger partial charge in [-0.25, -0.2) is 0 Å². The van der Waals surface area contributed by atoms with E-state index in [4.69, 9.17) is 4.74 Å². The largest absolute Gasteiger partial charge is 0.480 e. The van der Waals surface area contributed by atoms with E-state index in [-0.39, 0.29) is 10.8 Å². The summed E-state index contributed by atoms with van der Waals surface area (Å²) >= 11 is 0. The highest BCUT2D eigenvalue weighted by Gasteiger charge is 2.27. The highest BCUT2D eigenvalue weighted by Crippen LogP contribution is 2.17. The van der Waals surface area contributed by atoms with Crippen molar-refractivity contribution >= 4 is 21.8 Å². The smallest absolute Gasteiger partial charge is 0.286 e. The summed E-state index contributed by atoms with van der Waals surface area (Å²) in [6.45, 7) is 6.88. The maximum absolute atomic E-state index is 12.5. The van der Waals surface area contributed by atoms with Gasteiger partial charge in [0.25, 0.3) is 15.9 Å². The van der Waals surface area contributed by atoms with Gasteiger partial charge in [0.2, 0.25) is 5.90 Å². The molecule has 0 aliphatic rings. The lowest BCUT2D eigenvalue weighted by atomic mass is 10.2. The molecule has 0 aromatic heterocycles. The molecule has 0 fully saturated rings. The van der Waals surface area contributed by atoms with Gasteiger partial charge in [0.15, 0.2) is 0 Å². The Hall–Kier alpha value is -1.89. The van der Waals surface area contributed by atoms with Gasteiger partial charge in [-0.2, -0.15) is 8.42 Å². The van der Waals surface area contributed by atoms with E-state index in [2.05, 4.69) is 5.10 Å². The fourth-order valence-corrected chi connectivity index (χ4v) is 2.79. The van der Waals surface area contributed by atoms with E-state index in [1.807, 2.05) is 6.92 Å². The predicted octanol–water partition coefficient (Wildman–Crippen LogP) is 2.29. The van der Waals surface area contributed by atoms with E-state index >= 15 is 0 Å². The van der Waals surface area contributed by atoms with Gasteiger partial charge in [-0.1, -0.05) is 24.6 Å². The van der Waals surface area contributed by atoms with Crippen molar-refractivity contribution in [2.24, 2.45) is 5.10 Å². The van der Waals surface area contributed by atoms with Crippen LogP contribution >= 0.6 is 0 Å². The van der Waals surface area contributed by atoms with E-state index in [1.54, 1.807) is 26.0 Å². The lowest BCUT2D eigenvalue weighted by molar-refractivity contribution is -0.124. The van der Waals surface area contributed by atoms with Crippen molar-refractivity contribution < 1.29 is 17.9 Å². The minimum absolute atomic E-state index is 0.0130. The van der Waals surface area contributed by atoms with Gasteiger partial charge in [0, 0.05) is 13.3 Å². The fourth-order valence-electron chi connectivity index (χ4n) is 1.57. The van der Waals surface area contributed by atoms with E-state index in [9.17, 15) is 13.2 Å². The Morgan fingerprint density at radius 2 is 1.81 bits per heavy atom. The van der Waals surface area contributed by atoms with Crippen LogP contribution < -0.4 is 0 Å². The lowest BCUT2D eigenvalue weighted by Gasteiger charge is -2.17. The van der Waals surface area contributed by atoms with Crippen LogP contribution in [0.4, 0.5) is 0 Å². The molecule has 1 aromatic rings. The number of hydrazone groups is 1. The topological polar surface area (TPSA) is 76.0 Å². The third-order valence-corrected chi connectivity index (χ3v) is 4.29. The Morgan fingerprint density at radius 1 is 1.24 bits per heavy atom. The summed E-state index contributed by atoms with van der Waals surface area (Å²) in [4.78, 5) is 11.7. The fraction of sp³-hybridized carbons (Fsp3) is 0.429. The molecule has 116 valence electrons. The Labute approximate surface area is 125 Å². The third kappa shape index (κ3) is 4.29. The monoisotopic (exact) mass is 312 g/mol. The van der Waals surface area contributed by atoms with Gasteiger partial charge >= 0.3 is 0 Å². The molecule has 7 heteroatoms. The van der Waals surface area contributed by atoms with Crippen LogP contribution in [0, 0.1) is 6.92 Å². The number of benzene rings is 1. The summed E-state index contributed by atoms with van der Waals surface area (Å²) in [6.07, 6.45) is 0.390. The summed E-state index contributed by atoms with van der Waals surface area (Å²) in [5.41, 5.74) is 0.926. The van der Waals surface area contributed by atoms with Gasteiger partial charge in [0.1, 0.15) is 0 Å². The average molecular weight is 312 g/mol. The summed E-state index contributed by atoms with van der Waals surface area (Å²) < 4.78 is 30.7. The number of amides is 1. The molecule has 0 radical (unpaired) electrons. The molecule has 0 N–H and O–H groups in total. The molecule has 1 aromatic carbocycles. The Balaban J connectivity index is 3.27. The van der Waals surface area contributed by atoms with Crippen LogP contribution in [0.5, 0.6) is 0 Å². The number of nitrogens with zero attached hydrogens (tertiary/aromatic N) is 2. The lowest BCUT2D eigenvalue weighted by Crippen LogP contribution is -2.32. The van der Waals surface area contributed by atoms with Crippen molar-refractivity contribution in [2.45, 2.75) is 39.0 Å². The molecule has 0 aliphatic heterocycles. The molecule has 6 nitrogen and oxygen atoms in total. The van der Waals surface area contributed by atoms with Crippen molar-refractivity contribution in [3.8, 4) is 0 Å². The Morgan fingerprint density at radius 3 is 2.24 bits per heavy atom. The second-order valence-electron chi connectivity index (χ2n) is 4.36. The molecule has 1 rings (SSSR count). The molecule has 0 heterocycles. The van der Waals surface area contributed by atoms with Crippen LogP contribution in [0.1, 0.15) is 32.8 Å². The second kappa shape index (κ2) is 7.21. The number of carbonyl (C=O) groups is 1. The molecule has 0 atom stereocenters. The summed E-state index contributed by atoms with van der Waals surface area (Å²) in [7, 11) is -4.02. The van der Waals surface area contributed by atoms with Gasteiger partial charge < -0.3 is 4.74 Å². The normalized spacial score (nSPS) is 12.1. The number of sulfonamides is 1. The highest BCUT2D eigenvalue weighted by molar-refractivity contribution is 7.89. The maximum Gasteiger partial charge on any atom is 0.286 e. The number of ether oxygens (including phenoxy) is 1. The standard InChI is InChI=1S/C14H20N2O4S/c1-5-14(20-6-2)15-16(12(4)17)21(18,19)13-9-7-11(3)8-10-13/h7-10H,5-6H2,1-4H3/b15-14-. The SMILES string of the molecule is CCO/C(CC)=N\N(C(C)=O)S(=O)(=O)c1ccc(C)cc1. The molecule has 0 aliphatic carbocycles. The molecule has 0 bridgehead atoms. The number of carbonyl (C=O) groups excluding carboxylic acids is 1. The number of hydrogen-bond acceptors (Lipinski definition) is 5. The van der Waals surface area contributed by atoms with Crippen LogP contribution in [-0.2, 0) is 19.6 Å². The van der Waals surface area contributed by atoms with E-state index < -0.39 is 15.9 Å². The number of hydrogen-bond donors (Lipinski definition) is 0. The first kappa shape index (κ1) is 17.2. The number of rotatable bonds is 5. The molecule has 21 heavy (non-hydrogen) atoms. The Bertz CT molecular complexity index is 621. The molecule has 0 saturated heterocycles. The zero-order chi connectivity index (χ0) is 16.0. The summed E-state index contributed by atoms with van der Waals surface area (Å²) in [5.74, 6) is -0.496. The van der Waals surface area contributed by atoms with Crippen molar-refractivity contribution in [3.05, 3.63) is 29.8 Å². The molecular weight excluding hydrogens is 292 g/mol. The molecule has 0 saturated carbocycles. The van der Waals surface area contributed by atoms with Crippen molar-refractivity contribution in [3.63, 3.8) is 0 Å². The first-order chi connectivity index (χ1) is 9.82. The van der Waals surface area contributed by atoms with Crippen molar-refractivity contribution in [2.75, 3.05) is 6.61 Å².